The Morgan fingerprint density at radius 3 is 2.67 bits per heavy atom. The van der Waals surface area contributed by atoms with E-state index in [1.54, 1.807) is 36.3 Å². The third kappa shape index (κ3) is 4.46. The van der Waals surface area contributed by atoms with Gasteiger partial charge in [0.2, 0.25) is 0 Å². The highest BCUT2D eigenvalue weighted by Crippen LogP contribution is 2.22. The Balaban J connectivity index is 1.71. The molecule has 0 spiro atoms. The molecule has 0 saturated heterocycles. The molecular weight excluding hydrogens is 350 g/mol. The summed E-state index contributed by atoms with van der Waals surface area (Å²) in [4.78, 5) is 25.1. The molecule has 1 aliphatic heterocycles. The largest absolute Gasteiger partial charge is 0.497 e. The Kier molecular flexibility index (Phi) is 5.75. The van der Waals surface area contributed by atoms with Gasteiger partial charge in [0, 0.05) is 19.5 Å². The summed E-state index contributed by atoms with van der Waals surface area (Å²) in [6, 6.07) is 8.60. The minimum Gasteiger partial charge on any atom is -0.497 e. The topological polar surface area (TPSA) is 105 Å². The molecule has 2 heterocycles. The summed E-state index contributed by atoms with van der Waals surface area (Å²) in [5, 5.41) is 23.7. The van der Waals surface area contributed by atoms with Gasteiger partial charge in [-0.25, -0.2) is 0 Å². The van der Waals surface area contributed by atoms with Crippen molar-refractivity contribution in [2.45, 2.75) is 38.5 Å². The second kappa shape index (κ2) is 8.22. The summed E-state index contributed by atoms with van der Waals surface area (Å²) >= 11 is 0. The first-order valence-electron chi connectivity index (χ1n) is 8.86. The lowest BCUT2D eigenvalue weighted by atomic mass is 10.1. The van der Waals surface area contributed by atoms with Gasteiger partial charge in [-0.05, 0) is 30.2 Å². The van der Waals surface area contributed by atoms with E-state index in [1.807, 2.05) is 10.7 Å². The highest BCUT2D eigenvalue weighted by molar-refractivity contribution is 5.82. The maximum Gasteiger partial charge on any atom is 0.303 e. The number of aliphatic carboxylic acids is 1. The SMILES string of the molecule is COc1ccc([C@@H](O)C(=O)N2CCCn3nc(CCC(=O)O)cc3C2)cc1. The molecule has 3 rings (SSSR count). The number of rotatable bonds is 6. The molecule has 1 aliphatic rings. The molecule has 1 amide bonds. The number of aryl methyl sites for hydroxylation is 2. The normalized spacial score (nSPS) is 15.0. The van der Waals surface area contributed by atoms with E-state index in [0.29, 0.717) is 49.5 Å². The Bertz CT molecular complexity index is 815. The Hall–Kier alpha value is -2.87. The number of aromatic nitrogens is 2. The van der Waals surface area contributed by atoms with Crippen LogP contribution in [-0.4, -0.2) is 50.4 Å². The van der Waals surface area contributed by atoms with E-state index in [-0.39, 0.29) is 12.3 Å². The van der Waals surface area contributed by atoms with E-state index in [2.05, 4.69) is 5.10 Å². The summed E-state index contributed by atoms with van der Waals surface area (Å²) < 4.78 is 6.92. The Labute approximate surface area is 157 Å². The molecule has 2 aromatic rings. The maximum atomic E-state index is 12.8. The number of carboxylic acid groups (broad SMARTS) is 1. The van der Waals surface area contributed by atoms with Gasteiger partial charge in [-0.2, -0.15) is 5.10 Å². The summed E-state index contributed by atoms with van der Waals surface area (Å²) in [6.07, 6.45) is -0.141. The molecule has 0 saturated carbocycles. The van der Waals surface area contributed by atoms with Crippen molar-refractivity contribution in [2.24, 2.45) is 0 Å². The predicted octanol–water partition coefficient (Wildman–Crippen LogP) is 1.37. The van der Waals surface area contributed by atoms with Crippen LogP contribution < -0.4 is 4.74 Å². The van der Waals surface area contributed by atoms with Crippen LogP contribution in [0.2, 0.25) is 0 Å². The third-order valence-electron chi connectivity index (χ3n) is 4.64. The fraction of sp³-hybridized carbons (Fsp3) is 0.421. The Morgan fingerprint density at radius 2 is 2.00 bits per heavy atom. The van der Waals surface area contributed by atoms with Crippen molar-refractivity contribution in [2.75, 3.05) is 13.7 Å². The molecule has 0 bridgehead atoms. The van der Waals surface area contributed by atoms with E-state index >= 15 is 0 Å². The first kappa shape index (κ1) is 18.9. The van der Waals surface area contributed by atoms with Crippen LogP contribution in [0.3, 0.4) is 0 Å². The number of ether oxygens (including phenoxy) is 1. The number of carbonyl (C=O) groups excluding carboxylic acids is 1. The van der Waals surface area contributed by atoms with Gasteiger partial charge in [-0.3, -0.25) is 14.3 Å². The standard InChI is InChI=1S/C19H23N3O5/c1-27-16-6-3-13(4-7-16)18(25)19(26)21-9-2-10-22-15(12-21)11-14(20-22)5-8-17(23)24/h3-4,6-7,11,18,25H,2,5,8-10,12H2,1H3,(H,23,24)/t18-/m1/s1. The minimum atomic E-state index is -1.24. The van der Waals surface area contributed by atoms with Crippen LogP contribution >= 0.6 is 0 Å². The number of nitrogens with zero attached hydrogens (tertiary/aromatic N) is 3. The zero-order valence-electron chi connectivity index (χ0n) is 15.2. The van der Waals surface area contributed by atoms with Crippen LogP contribution in [0.5, 0.6) is 5.75 Å². The number of methoxy groups -OCH3 is 1. The first-order valence-corrected chi connectivity index (χ1v) is 8.86. The van der Waals surface area contributed by atoms with E-state index in [1.165, 1.54) is 0 Å². The van der Waals surface area contributed by atoms with Crippen molar-refractivity contribution in [1.29, 1.82) is 0 Å². The van der Waals surface area contributed by atoms with Gasteiger partial charge >= 0.3 is 5.97 Å². The van der Waals surface area contributed by atoms with Crippen molar-refractivity contribution in [1.82, 2.24) is 14.7 Å². The van der Waals surface area contributed by atoms with Gasteiger partial charge in [-0.15, -0.1) is 0 Å². The molecule has 8 nitrogen and oxygen atoms in total. The zero-order valence-corrected chi connectivity index (χ0v) is 15.2. The van der Waals surface area contributed by atoms with Crippen LogP contribution in [-0.2, 0) is 29.1 Å². The number of carbonyl (C=O) groups is 2. The van der Waals surface area contributed by atoms with Crippen molar-refractivity contribution < 1.29 is 24.5 Å². The number of aliphatic hydroxyl groups excluding tert-OH is 1. The van der Waals surface area contributed by atoms with Gasteiger partial charge in [0.05, 0.1) is 31.5 Å². The molecule has 1 aromatic carbocycles. The number of carboxylic acids is 1. The monoisotopic (exact) mass is 373 g/mol. The van der Waals surface area contributed by atoms with Gasteiger partial charge < -0.3 is 19.8 Å². The molecule has 1 aromatic heterocycles. The zero-order chi connectivity index (χ0) is 19.4. The lowest BCUT2D eigenvalue weighted by molar-refractivity contribution is -0.141. The number of amides is 1. The molecule has 0 aliphatic carbocycles. The van der Waals surface area contributed by atoms with Gasteiger partial charge in [0.25, 0.3) is 5.91 Å². The predicted molar refractivity (Wildman–Crippen MR) is 96.2 cm³/mol. The number of hydrogen-bond acceptors (Lipinski definition) is 5. The lowest BCUT2D eigenvalue weighted by Crippen LogP contribution is -2.34. The van der Waals surface area contributed by atoms with Crippen LogP contribution in [0.15, 0.2) is 30.3 Å². The summed E-state index contributed by atoms with van der Waals surface area (Å²) in [7, 11) is 1.56. The van der Waals surface area contributed by atoms with Crippen LogP contribution in [0.4, 0.5) is 0 Å². The van der Waals surface area contributed by atoms with E-state index in [0.717, 1.165) is 5.69 Å². The lowest BCUT2D eigenvalue weighted by Gasteiger charge is -2.23. The Morgan fingerprint density at radius 1 is 1.26 bits per heavy atom. The summed E-state index contributed by atoms with van der Waals surface area (Å²) in [5.41, 5.74) is 2.07. The molecule has 0 fully saturated rings. The second-order valence-electron chi connectivity index (χ2n) is 6.53. The smallest absolute Gasteiger partial charge is 0.303 e. The molecule has 27 heavy (non-hydrogen) atoms. The van der Waals surface area contributed by atoms with Crippen LogP contribution in [0.25, 0.3) is 0 Å². The highest BCUT2D eigenvalue weighted by Gasteiger charge is 2.26. The average Bonchev–Trinajstić information content (AvgIpc) is 2.95. The molecule has 0 radical (unpaired) electrons. The molecular formula is C19H23N3O5. The van der Waals surface area contributed by atoms with Gasteiger partial charge in [-0.1, -0.05) is 12.1 Å². The maximum absolute atomic E-state index is 12.8. The first-order chi connectivity index (χ1) is 13.0. The van der Waals surface area contributed by atoms with Crippen LogP contribution in [0, 0.1) is 0 Å². The van der Waals surface area contributed by atoms with Crippen molar-refractivity contribution >= 4 is 11.9 Å². The number of aliphatic hydroxyl groups is 1. The number of hydrogen-bond donors (Lipinski definition) is 2. The molecule has 0 unspecified atom stereocenters. The van der Waals surface area contributed by atoms with Crippen molar-refractivity contribution in [3.8, 4) is 5.75 Å². The summed E-state index contributed by atoms with van der Waals surface area (Å²) in [6.45, 7) is 1.52. The fourth-order valence-corrected chi connectivity index (χ4v) is 3.17. The average molecular weight is 373 g/mol. The van der Waals surface area contributed by atoms with Crippen molar-refractivity contribution in [3.05, 3.63) is 47.3 Å². The molecule has 8 heteroatoms. The number of benzene rings is 1. The van der Waals surface area contributed by atoms with E-state index < -0.39 is 12.1 Å². The minimum absolute atomic E-state index is 0.0231. The quantitative estimate of drug-likeness (QED) is 0.793. The van der Waals surface area contributed by atoms with Gasteiger partial charge in [0.1, 0.15) is 5.75 Å². The molecule has 2 N–H and O–H groups in total. The summed E-state index contributed by atoms with van der Waals surface area (Å²) in [5.74, 6) is -0.564. The number of fused-ring (bicyclic) bond motifs is 1. The highest BCUT2D eigenvalue weighted by atomic mass is 16.5. The molecule has 144 valence electrons. The fourth-order valence-electron chi connectivity index (χ4n) is 3.17. The van der Waals surface area contributed by atoms with E-state index in [9.17, 15) is 14.7 Å². The van der Waals surface area contributed by atoms with Crippen LogP contribution in [0.1, 0.15) is 35.9 Å². The van der Waals surface area contributed by atoms with Gasteiger partial charge in [0.15, 0.2) is 6.10 Å². The second-order valence-corrected chi connectivity index (χ2v) is 6.53. The molecule has 1 atom stereocenters. The van der Waals surface area contributed by atoms with E-state index in [4.69, 9.17) is 9.84 Å². The van der Waals surface area contributed by atoms with Crippen molar-refractivity contribution in [3.63, 3.8) is 0 Å². The third-order valence-corrected chi connectivity index (χ3v) is 4.64.